The minimum absolute atomic E-state index is 0.0658. The van der Waals surface area contributed by atoms with E-state index >= 15 is 0 Å². The maximum absolute atomic E-state index is 9.04. The van der Waals surface area contributed by atoms with Crippen LogP contribution in [0.4, 0.5) is 0 Å². The Bertz CT molecular complexity index is 276. The van der Waals surface area contributed by atoms with Crippen LogP contribution in [0.5, 0.6) is 0 Å². The third-order valence-electron chi connectivity index (χ3n) is 2.13. The lowest BCUT2D eigenvalue weighted by Crippen LogP contribution is -2.04. The van der Waals surface area contributed by atoms with Crippen LogP contribution < -0.4 is 0 Å². The van der Waals surface area contributed by atoms with Crippen molar-refractivity contribution >= 4 is 0 Å². The van der Waals surface area contributed by atoms with Crippen molar-refractivity contribution in [3.8, 4) is 0 Å². The van der Waals surface area contributed by atoms with Crippen LogP contribution >= 0.6 is 0 Å². The maximum atomic E-state index is 9.04. The van der Waals surface area contributed by atoms with Gasteiger partial charge in [-0.25, -0.2) is 0 Å². The van der Waals surface area contributed by atoms with Crippen molar-refractivity contribution in [1.82, 2.24) is 0 Å². The summed E-state index contributed by atoms with van der Waals surface area (Å²) in [5.74, 6) is -0.0658. The molecule has 14 heavy (non-hydrogen) atoms. The van der Waals surface area contributed by atoms with Crippen molar-refractivity contribution in [1.29, 1.82) is 5.39 Å². The molecule has 0 fully saturated rings. The molecule has 0 saturated heterocycles. The van der Waals surface area contributed by atoms with Gasteiger partial charge in [0.25, 0.3) is 0 Å². The second-order valence-electron chi connectivity index (χ2n) is 3.34. The van der Waals surface area contributed by atoms with Crippen LogP contribution in [0.2, 0.25) is 0 Å². The van der Waals surface area contributed by atoms with E-state index in [-0.39, 0.29) is 12.4 Å². The second kappa shape index (κ2) is 6.17. The molecule has 0 aromatic heterocycles. The Kier molecular flexibility index (Phi) is 4.73. The molecule has 0 aromatic rings. The van der Waals surface area contributed by atoms with Crippen LogP contribution in [0.25, 0.3) is 4.98 Å². The van der Waals surface area contributed by atoms with E-state index in [4.69, 9.17) is 15.2 Å². The Morgan fingerprint density at radius 1 is 1.64 bits per heavy atom. The van der Waals surface area contributed by atoms with Crippen molar-refractivity contribution in [3.63, 3.8) is 0 Å². The normalized spacial score (nSPS) is 17.4. The first-order valence-electron chi connectivity index (χ1n) is 4.81. The molecule has 0 spiro atoms. The maximum Gasteiger partial charge on any atom is 0.389 e. The molecule has 1 N–H and O–H groups in total. The first kappa shape index (κ1) is 10.7. The predicted molar refractivity (Wildman–Crippen MR) is 53.2 cm³/mol. The number of nitrogens with zero attached hydrogens (tertiary/aromatic N) is 2. The highest BCUT2D eigenvalue weighted by Crippen LogP contribution is 2.17. The zero-order chi connectivity index (χ0) is 10.2. The summed E-state index contributed by atoms with van der Waals surface area (Å²) in [4.78, 5) is 2.69. The highest BCUT2D eigenvalue weighted by atomic mass is 16.5. The molecule has 1 aliphatic carbocycles. The molecule has 76 valence electrons. The molecule has 0 aromatic carbocycles. The minimum atomic E-state index is -0.0658. The molecule has 0 bridgehead atoms. The fourth-order valence-corrected chi connectivity index (χ4v) is 1.43. The number of aliphatic hydroxyl groups excluding tert-OH is 1. The van der Waals surface area contributed by atoms with Gasteiger partial charge in [0.15, 0.2) is 4.98 Å². The van der Waals surface area contributed by atoms with E-state index in [2.05, 4.69) is 11.1 Å². The fraction of sp³-hybridized carbons (Fsp3) is 0.600. The van der Waals surface area contributed by atoms with Crippen molar-refractivity contribution in [2.75, 3.05) is 13.2 Å². The minimum Gasteiger partial charge on any atom is -0.504 e. The van der Waals surface area contributed by atoms with Gasteiger partial charge in [-0.15, -0.1) is 0 Å². The van der Waals surface area contributed by atoms with E-state index < -0.39 is 0 Å². The van der Waals surface area contributed by atoms with Gasteiger partial charge in [-0.3, -0.25) is 0 Å². The lowest BCUT2D eigenvalue weighted by Gasteiger charge is -2.11. The fourth-order valence-electron chi connectivity index (χ4n) is 1.43. The molecule has 0 atom stereocenters. The number of aliphatic hydroxyl groups is 1. The van der Waals surface area contributed by atoms with E-state index in [1.54, 1.807) is 0 Å². The van der Waals surface area contributed by atoms with Crippen molar-refractivity contribution in [2.24, 2.45) is 0 Å². The van der Waals surface area contributed by atoms with E-state index in [1.807, 2.05) is 0 Å². The molecule has 0 aliphatic heterocycles. The van der Waals surface area contributed by atoms with Gasteiger partial charge in [0, 0.05) is 0 Å². The third kappa shape index (κ3) is 4.06. The number of ether oxygens (including phenoxy) is 1. The van der Waals surface area contributed by atoms with Crippen LogP contribution in [0.1, 0.15) is 25.7 Å². The van der Waals surface area contributed by atoms with Gasteiger partial charge >= 0.3 is 6.20 Å². The topological polar surface area (TPSA) is 57.6 Å². The van der Waals surface area contributed by atoms with Gasteiger partial charge in [-0.2, -0.15) is 0 Å². The van der Waals surface area contributed by atoms with E-state index in [0.29, 0.717) is 6.61 Å². The van der Waals surface area contributed by atoms with Crippen LogP contribution in [0.15, 0.2) is 23.6 Å². The van der Waals surface area contributed by atoms with Gasteiger partial charge in [0.2, 0.25) is 11.2 Å². The van der Waals surface area contributed by atoms with E-state index in [0.717, 1.165) is 19.0 Å². The van der Waals surface area contributed by atoms with Crippen molar-refractivity contribution in [3.05, 3.63) is 28.6 Å². The summed E-state index contributed by atoms with van der Waals surface area (Å²) in [5, 5.41) is 17.1. The number of diazo groups is 1. The van der Waals surface area contributed by atoms with Crippen LogP contribution in [-0.4, -0.2) is 18.3 Å². The zero-order valence-electron chi connectivity index (χ0n) is 8.15. The standard InChI is InChI=1S/C10H14N2O2/c11-12-6-10(13)8-14-7-9-4-2-1-3-5-9/h4,6H,1-3,5,7-8H2/p+1/b10-6+. The third-order valence-corrected chi connectivity index (χ3v) is 2.13. The predicted octanol–water partition coefficient (Wildman–Crippen LogP) is 2.76. The Morgan fingerprint density at radius 3 is 3.14 bits per heavy atom. The van der Waals surface area contributed by atoms with Crippen molar-refractivity contribution in [2.45, 2.75) is 25.7 Å². The molecule has 0 heterocycles. The largest absolute Gasteiger partial charge is 0.504 e. The van der Waals surface area contributed by atoms with E-state index in [1.165, 1.54) is 18.4 Å². The summed E-state index contributed by atoms with van der Waals surface area (Å²) in [6.45, 7) is 0.657. The lowest BCUT2D eigenvalue weighted by atomic mass is 10.0. The molecule has 4 nitrogen and oxygen atoms in total. The Labute approximate surface area is 83.5 Å². The molecule has 0 radical (unpaired) electrons. The number of allylic oxidation sites excluding steroid dienone is 1. The van der Waals surface area contributed by atoms with Gasteiger partial charge in [0.05, 0.1) is 6.61 Å². The first-order valence-corrected chi connectivity index (χ1v) is 4.81. The summed E-state index contributed by atoms with van der Waals surface area (Å²) in [7, 11) is 0. The summed E-state index contributed by atoms with van der Waals surface area (Å²) in [6.07, 6.45) is 7.87. The molecule has 1 rings (SSSR count). The second-order valence-corrected chi connectivity index (χ2v) is 3.34. The molecular formula is C10H15N2O2+. The molecule has 0 amide bonds. The number of hydrogen-bond acceptors (Lipinski definition) is 3. The molecule has 0 unspecified atom stereocenters. The van der Waals surface area contributed by atoms with Gasteiger partial charge in [0.1, 0.15) is 6.61 Å². The van der Waals surface area contributed by atoms with Gasteiger partial charge < -0.3 is 9.84 Å². The van der Waals surface area contributed by atoms with Gasteiger partial charge in [-0.1, -0.05) is 6.08 Å². The molecule has 1 aliphatic rings. The Balaban J connectivity index is 2.18. The van der Waals surface area contributed by atoms with Crippen LogP contribution in [-0.2, 0) is 4.74 Å². The Morgan fingerprint density at radius 2 is 2.50 bits per heavy atom. The average Bonchev–Trinajstić information content (AvgIpc) is 2.20. The molecule has 4 heteroatoms. The van der Waals surface area contributed by atoms with E-state index in [9.17, 15) is 0 Å². The lowest BCUT2D eigenvalue weighted by molar-refractivity contribution is 0.144. The average molecular weight is 195 g/mol. The first-order chi connectivity index (χ1) is 6.83. The van der Waals surface area contributed by atoms with Crippen molar-refractivity contribution < 1.29 is 9.84 Å². The molecular weight excluding hydrogens is 180 g/mol. The summed E-state index contributed by atoms with van der Waals surface area (Å²) in [5.41, 5.74) is 1.30. The smallest absolute Gasteiger partial charge is 0.389 e. The highest BCUT2D eigenvalue weighted by molar-refractivity contribution is 5.05. The Hall–Kier alpha value is -1.34. The zero-order valence-corrected chi connectivity index (χ0v) is 8.15. The number of hydrogen-bond donors (Lipinski definition) is 1. The molecule has 0 saturated carbocycles. The highest BCUT2D eigenvalue weighted by Gasteiger charge is 2.05. The quantitative estimate of drug-likeness (QED) is 0.426. The SMILES string of the molecule is N#[N+]/C=C(/O)COCC1=CCCCC1. The number of rotatable bonds is 4. The van der Waals surface area contributed by atoms with Gasteiger partial charge in [-0.05, 0) is 31.3 Å². The van der Waals surface area contributed by atoms with Crippen LogP contribution in [0.3, 0.4) is 0 Å². The summed E-state index contributed by atoms with van der Waals surface area (Å²) < 4.78 is 5.23. The summed E-state index contributed by atoms with van der Waals surface area (Å²) in [6, 6.07) is 0. The van der Waals surface area contributed by atoms with Crippen LogP contribution in [0, 0.1) is 5.39 Å². The monoisotopic (exact) mass is 195 g/mol. The summed E-state index contributed by atoms with van der Waals surface area (Å²) >= 11 is 0.